The highest BCUT2D eigenvalue weighted by molar-refractivity contribution is 6.39. The molecule has 3 heterocycles. The predicted molar refractivity (Wildman–Crippen MR) is 245 cm³/mol. The van der Waals surface area contributed by atoms with Gasteiger partial charge in [-0.1, -0.05) is 71.1 Å². The van der Waals surface area contributed by atoms with Crippen molar-refractivity contribution in [1.29, 1.82) is 0 Å². The Morgan fingerprint density at radius 1 is 0.846 bits per heavy atom. The first-order chi connectivity index (χ1) is 30.7. The third-order valence-corrected chi connectivity index (χ3v) is 14.5. The van der Waals surface area contributed by atoms with E-state index in [9.17, 15) is 39.3 Å². The highest BCUT2D eigenvalue weighted by atomic mass is 16.6. The van der Waals surface area contributed by atoms with Crippen molar-refractivity contribution < 1.29 is 63.0 Å². The van der Waals surface area contributed by atoms with Gasteiger partial charge in [-0.05, 0) is 107 Å². The number of aliphatic hydroxyl groups excluding tert-OH is 2. The number of hydrogen-bond donors (Lipinski definition) is 3. The lowest BCUT2D eigenvalue weighted by Crippen LogP contribution is -2.61. The summed E-state index contributed by atoms with van der Waals surface area (Å²) in [5.41, 5.74) is 1.27. The average molecular weight is 914 g/mol. The molecule has 0 radical (unpaired) electrons. The molecule has 0 spiro atoms. The zero-order valence-electron chi connectivity index (χ0n) is 40.6. The molecule has 2 saturated heterocycles. The van der Waals surface area contributed by atoms with Crippen LogP contribution >= 0.6 is 0 Å². The molecule has 14 heteroatoms. The van der Waals surface area contributed by atoms with Crippen molar-refractivity contribution >= 4 is 29.2 Å². The van der Waals surface area contributed by atoms with Crippen LogP contribution in [0.5, 0.6) is 0 Å². The summed E-state index contributed by atoms with van der Waals surface area (Å²) in [5.74, 6) is -7.96. The summed E-state index contributed by atoms with van der Waals surface area (Å²) >= 11 is 0. The summed E-state index contributed by atoms with van der Waals surface area (Å²) in [4.78, 5) is 71.8. The molecule has 1 saturated carbocycles. The first-order valence-corrected chi connectivity index (χ1v) is 23.9. The Kier molecular flexibility index (Phi) is 21.0. The van der Waals surface area contributed by atoms with Gasteiger partial charge < -0.3 is 43.9 Å². The molecule has 0 aromatic carbocycles. The Bertz CT molecular complexity index is 1760. The van der Waals surface area contributed by atoms with Crippen LogP contribution in [0.15, 0.2) is 47.6 Å². The Morgan fingerprint density at radius 2 is 1.57 bits per heavy atom. The van der Waals surface area contributed by atoms with E-state index in [1.165, 1.54) is 12.0 Å². The molecule has 0 aromatic heterocycles. The first-order valence-electron chi connectivity index (χ1n) is 23.9. The molecule has 1 amide bonds. The van der Waals surface area contributed by atoms with Gasteiger partial charge in [0.2, 0.25) is 5.79 Å². The molecule has 2 bridgehead atoms. The number of amides is 1. The monoisotopic (exact) mass is 914 g/mol. The number of piperidine rings is 1. The lowest BCUT2D eigenvalue weighted by atomic mass is 9.78. The van der Waals surface area contributed by atoms with Crippen LogP contribution in [0, 0.1) is 35.5 Å². The quantitative estimate of drug-likeness (QED) is 0.156. The minimum Gasteiger partial charge on any atom is -0.460 e. The molecule has 4 aliphatic rings. The average Bonchev–Trinajstić information content (AvgIpc) is 3.28. The number of allylic oxidation sites excluding steroid dienone is 6. The Labute approximate surface area is 387 Å². The Balaban J connectivity index is 1.70. The zero-order valence-corrected chi connectivity index (χ0v) is 40.6. The smallest absolute Gasteiger partial charge is 0.329 e. The maximum Gasteiger partial charge on any atom is 0.329 e. The highest BCUT2D eigenvalue weighted by Crippen LogP contribution is 2.38. The van der Waals surface area contributed by atoms with Gasteiger partial charge in [-0.3, -0.25) is 19.2 Å². The van der Waals surface area contributed by atoms with Crippen molar-refractivity contribution in [2.75, 3.05) is 27.9 Å². The number of carbonyl (C=O) groups excluding carboxylic acids is 5. The number of hydrogen-bond acceptors (Lipinski definition) is 13. The van der Waals surface area contributed by atoms with Crippen LogP contribution < -0.4 is 0 Å². The van der Waals surface area contributed by atoms with Gasteiger partial charge in [0.1, 0.15) is 30.1 Å². The number of carbonyl (C=O) groups is 5. The van der Waals surface area contributed by atoms with Crippen LogP contribution in [-0.2, 0) is 47.7 Å². The number of rotatable bonds is 6. The summed E-state index contributed by atoms with van der Waals surface area (Å²) in [5, 5.41) is 33.8. The van der Waals surface area contributed by atoms with E-state index in [-0.39, 0.29) is 54.8 Å². The lowest BCUT2D eigenvalue weighted by Gasteiger charge is -2.42. The van der Waals surface area contributed by atoms with Gasteiger partial charge in [0.05, 0.1) is 24.4 Å². The van der Waals surface area contributed by atoms with Crippen LogP contribution in [-0.4, -0.2) is 132 Å². The van der Waals surface area contributed by atoms with Crippen LogP contribution in [0.1, 0.15) is 126 Å². The largest absolute Gasteiger partial charge is 0.460 e. The number of nitrogens with zero attached hydrogens (tertiary/aromatic N) is 1. The zero-order chi connectivity index (χ0) is 48.2. The van der Waals surface area contributed by atoms with Crippen molar-refractivity contribution in [3.63, 3.8) is 0 Å². The molecule has 5 unspecified atom stereocenters. The van der Waals surface area contributed by atoms with Gasteiger partial charge >= 0.3 is 5.97 Å². The molecule has 3 aliphatic heterocycles. The summed E-state index contributed by atoms with van der Waals surface area (Å²) < 4.78 is 29.4. The summed E-state index contributed by atoms with van der Waals surface area (Å²) in [6.07, 6.45) is 11.2. The fourth-order valence-corrected chi connectivity index (χ4v) is 10.1. The second-order valence-corrected chi connectivity index (χ2v) is 19.6. The third-order valence-electron chi connectivity index (χ3n) is 14.5. The van der Waals surface area contributed by atoms with E-state index < -0.39 is 83.9 Å². The standard InChI is InChI=1S/C51H79NO13/c1-30-16-12-11-13-17-31(2)42(61-8)28-38-21-19-36(7)51(60,65-38)48(57)49(58)52-23-15-14-18-39(52)50(59)64-43(33(4)26-37-20-22-40(53)44(27-37)62-9)29-41(54)32(3)25-35(6)46(56)47(63-10)45(55)34(5)24-30/h11-13,16-17,25,30,32-34,36-40,42-44,46-47,53,56,60H,14-15,18-24,26-29H2,1-10H3/b13-11+,16-12+,31-17+,35-25+/t30-,32?,33-,34-,36-,37+,38+,39+,40-,42?,43+,44?,46?,47?,51-/m1/s1. The minimum absolute atomic E-state index is 0.0193. The van der Waals surface area contributed by atoms with E-state index in [4.69, 9.17) is 23.7 Å². The summed E-state index contributed by atoms with van der Waals surface area (Å²) in [6.45, 7) is 12.7. The summed E-state index contributed by atoms with van der Waals surface area (Å²) in [6, 6.07) is -1.14. The van der Waals surface area contributed by atoms with Gasteiger partial charge in [-0.2, -0.15) is 0 Å². The number of ketones is 3. The van der Waals surface area contributed by atoms with Crippen LogP contribution in [0.3, 0.4) is 0 Å². The van der Waals surface area contributed by atoms with Crippen molar-refractivity contribution in [2.24, 2.45) is 35.5 Å². The number of ether oxygens (including phenoxy) is 5. The van der Waals surface area contributed by atoms with Gasteiger partial charge in [-0.15, -0.1) is 0 Å². The van der Waals surface area contributed by atoms with Gasteiger partial charge in [0.15, 0.2) is 5.78 Å². The Hall–Kier alpha value is -3.37. The van der Waals surface area contributed by atoms with Crippen molar-refractivity contribution in [3.8, 4) is 0 Å². The number of cyclic esters (lactones) is 1. The normalized spacial score (nSPS) is 40.4. The first kappa shape index (κ1) is 54.2. The van der Waals surface area contributed by atoms with Crippen molar-refractivity contribution in [1.82, 2.24) is 4.90 Å². The SMILES string of the molecule is COC1C[C@@H]2CC[C@@H](C)[C@@](O)(O2)C(=O)C(=O)N2CCCC[C@H]2C(=O)O[C@H]([C@H](C)C[C@@H]2CC[C@@H](O)C(OC)C2)CC(=O)C(C)/C=C(\C)C(O)C(OC)C(=O)[C@H](C)C[C@H](C)/C=C/C=C/C=C/1C. The number of fused-ring (bicyclic) bond motifs is 3. The lowest BCUT2D eigenvalue weighted by molar-refractivity contribution is -0.265. The fourth-order valence-electron chi connectivity index (χ4n) is 10.1. The van der Waals surface area contributed by atoms with E-state index in [2.05, 4.69) is 0 Å². The van der Waals surface area contributed by atoms with E-state index in [1.807, 2.05) is 58.1 Å². The maximum absolute atomic E-state index is 14.4. The molecular weight excluding hydrogens is 835 g/mol. The fraction of sp³-hybridized carbons (Fsp3) is 0.745. The topological polar surface area (TPSA) is 195 Å². The van der Waals surface area contributed by atoms with E-state index >= 15 is 0 Å². The molecule has 1 aliphatic carbocycles. The predicted octanol–water partition coefficient (Wildman–Crippen LogP) is 6.18. The van der Waals surface area contributed by atoms with Gasteiger partial charge in [0, 0.05) is 58.5 Å². The molecule has 3 fully saturated rings. The molecule has 3 N–H and O–H groups in total. The van der Waals surface area contributed by atoms with E-state index in [1.54, 1.807) is 41.1 Å². The number of aliphatic hydroxyl groups is 3. The Morgan fingerprint density at radius 3 is 2.25 bits per heavy atom. The van der Waals surface area contributed by atoms with Crippen LogP contribution in [0.25, 0.3) is 0 Å². The van der Waals surface area contributed by atoms with Crippen LogP contribution in [0.2, 0.25) is 0 Å². The second kappa shape index (κ2) is 25.1. The molecule has 14 nitrogen and oxygen atoms in total. The van der Waals surface area contributed by atoms with E-state index in [0.29, 0.717) is 63.4 Å². The molecule has 366 valence electrons. The van der Waals surface area contributed by atoms with Crippen molar-refractivity contribution in [2.45, 2.75) is 180 Å². The molecule has 0 aromatic rings. The summed E-state index contributed by atoms with van der Waals surface area (Å²) in [7, 11) is 4.52. The van der Waals surface area contributed by atoms with Crippen molar-refractivity contribution in [3.05, 3.63) is 47.6 Å². The molecule has 65 heavy (non-hydrogen) atoms. The molecule has 15 atom stereocenters. The van der Waals surface area contributed by atoms with Gasteiger partial charge in [0.25, 0.3) is 11.7 Å². The number of esters is 1. The highest BCUT2D eigenvalue weighted by Gasteiger charge is 2.53. The van der Waals surface area contributed by atoms with E-state index in [0.717, 1.165) is 12.0 Å². The van der Waals surface area contributed by atoms with Crippen LogP contribution in [0.4, 0.5) is 0 Å². The maximum atomic E-state index is 14.4. The number of methoxy groups -OCH3 is 3. The second-order valence-electron chi connectivity index (χ2n) is 19.6. The minimum atomic E-state index is -2.43. The number of Topliss-reactive ketones (excluding diaryl/α,β-unsaturated/α-hetero) is 3. The third kappa shape index (κ3) is 14.3. The van der Waals surface area contributed by atoms with Gasteiger partial charge in [-0.25, -0.2) is 4.79 Å². The molecular formula is C51H79NO13. The molecule has 4 rings (SSSR count).